The van der Waals surface area contributed by atoms with E-state index in [1.807, 2.05) is 0 Å². The molecule has 2 fully saturated rings. The fraction of sp³-hybridized carbons (Fsp3) is 0.579. The zero-order valence-electron chi connectivity index (χ0n) is 15.0. The average Bonchev–Trinajstić information content (AvgIpc) is 3.19. The molecular formula is C19H24F2N2O3. The molecule has 2 aliphatic heterocycles. The number of rotatable bonds is 5. The molecule has 2 amide bonds. The molecule has 0 saturated carbocycles. The maximum Gasteiger partial charge on any atom is 0.227 e. The van der Waals surface area contributed by atoms with E-state index >= 15 is 0 Å². The van der Waals surface area contributed by atoms with Gasteiger partial charge in [0.05, 0.1) is 17.7 Å². The maximum absolute atomic E-state index is 13.9. The van der Waals surface area contributed by atoms with Gasteiger partial charge in [-0.3, -0.25) is 9.59 Å². The second kappa shape index (κ2) is 7.70. The molecule has 1 aromatic carbocycles. The van der Waals surface area contributed by atoms with Crippen LogP contribution in [0.1, 0.15) is 26.7 Å². The van der Waals surface area contributed by atoms with E-state index < -0.39 is 17.6 Å². The monoisotopic (exact) mass is 366 g/mol. The molecule has 142 valence electrons. The molecule has 2 heterocycles. The van der Waals surface area contributed by atoms with Crippen molar-refractivity contribution in [3.05, 3.63) is 29.8 Å². The lowest BCUT2D eigenvalue weighted by Crippen LogP contribution is -2.38. The Bertz CT molecular complexity index is 695. The van der Waals surface area contributed by atoms with Gasteiger partial charge >= 0.3 is 0 Å². The van der Waals surface area contributed by atoms with Crippen LogP contribution in [0.3, 0.4) is 0 Å². The van der Waals surface area contributed by atoms with E-state index in [-0.39, 0.29) is 42.5 Å². The summed E-state index contributed by atoms with van der Waals surface area (Å²) in [5.74, 6) is -1.94. The van der Waals surface area contributed by atoms with Crippen molar-refractivity contribution in [3.63, 3.8) is 0 Å². The highest BCUT2D eigenvalue weighted by atomic mass is 19.1. The Kier molecular flexibility index (Phi) is 5.55. The molecule has 5 nitrogen and oxygen atoms in total. The minimum atomic E-state index is -0.803. The Morgan fingerprint density at radius 3 is 2.85 bits per heavy atom. The van der Waals surface area contributed by atoms with Crippen LogP contribution >= 0.6 is 0 Å². The van der Waals surface area contributed by atoms with Crippen molar-refractivity contribution in [3.8, 4) is 0 Å². The second-order valence-corrected chi connectivity index (χ2v) is 7.37. The van der Waals surface area contributed by atoms with Crippen molar-refractivity contribution in [2.45, 2.75) is 32.8 Å². The summed E-state index contributed by atoms with van der Waals surface area (Å²) in [7, 11) is 0. The summed E-state index contributed by atoms with van der Waals surface area (Å²) in [6.07, 6.45) is 1.06. The van der Waals surface area contributed by atoms with Gasteiger partial charge in [0.1, 0.15) is 11.6 Å². The van der Waals surface area contributed by atoms with Gasteiger partial charge in [0.25, 0.3) is 0 Å². The van der Waals surface area contributed by atoms with Crippen molar-refractivity contribution in [1.82, 2.24) is 5.32 Å². The summed E-state index contributed by atoms with van der Waals surface area (Å²) >= 11 is 0. The Labute approximate surface area is 151 Å². The van der Waals surface area contributed by atoms with Crippen LogP contribution in [0, 0.1) is 29.4 Å². The van der Waals surface area contributed by atoms with Crippen LogP contribution < -0.4 is 10.2 Å². The van der Waals surface area contributed by atoms with E-state index in [2.05, 4.69) is 19.2 Å². The molecular weight excluding hydrogens is 342 g/mol. The number of anilines is 1. The highest BCUT2D eigenvalue weighted by Gasteiger charge is 2.37. The molecule has 2 saturated heterocycles. The third-order valence-electron chi connectivity index (χ3n) is 5.16. The van der Waals surface area contributed by atoms with Crippen LogP contribution in [0.2, 0.25) is 0 Å². The third kappa shape index (κ3) is 3.87. The highest BCUT2D eigenvalue weighted by Crippen LogP contribution is 2.29. The number of hydrogen-bond donors (Lipinski definition) is 1. The van der Waals surface area contributed by atoms with Crippen LogP contribution in [-0.2, 0) is 14.3 Å². The SMILES string of the molecule is CC(C)[C@H]1OCC[C@@H]1CNC(=O)C1CC(=O)N(c2ccc(F)cc2F)C1. The zero-order valence-corrected chi connectivity index (χ0v) is 15.0. The van der Waals surface area contributed by atoms with Gasteiger partial charge in [0.2, 0.25) is 11.8 Å². The van der Waals surface area contributed by atoms with Crippen molar-refractivity contribution >= 4 is 17.5 Å². The highest BCUT2D eigenvalue weighted by molar-refractivity contribution is 6.00. The first-order valence-corrected chi connectivity index (χ1v) is 9.01. The largest absolute Gasteiger partial charge is 0.378 e. The maximum atomic E-state index is 13.9. The number of carbonyl (C=O) groups is 2. The van der Waals surface area contributed by atoms with Gasteiger partial charge in [-0.25, -0.2) is 8.78 Å². The minimum Gasteiger partial charge on any atom is -0.378 e. The number of amides is 2. The van der Waals surface area contributed by atoms with E-state index in [1.165, 1.54) is 11.0 Å². The van der Waals surface area contributed by atoms with Crippen molar-refractivity contribution < 1.29 is 23.1 Å². The minimum absolute atomic E-state index is 0.00997. The number of hydrogen-bond acceptors (Lipinski definition) is 3. The Morgan fingerprint density at radius 2 is 2.15 bits per heavy atom. The first-order chi connectivity index (χ1) is 12.4. The number of carbonyl (C=O) groups excluding carboxylic acids is 2. The molecule has 1 aromatic rings. The van der Waals surface area contributed by atoms with Crippen molar-refractivity contribution in [1.29, 1.82) is 0 Å². The van der Waals surface area contributed by atoms with Crippen LogP contribution in [-0.4, -0.2) is 37.6 Å². The third-order valence-corrected chi connectivity index (χ3v) is 5.16. The zero-order chi connectivity index (χ0) is 18.8. The summed E-state index contributed by atoms with van der Waals surface area (Å²) in [6.45, 7) is 5.49. The van der Waals surface area contributed by atoms with Crippen LogP contribution in [0.25, 0.3) is 0 Å². The fourth-order valence-electron chi connectivity index (χ4n) is 3.80. The molecule has 1 N–H and O–H groups in total. The van der Waals surface area contributed by atoms with E-state index in [4.69, 9.17) is 4.74 Å². The normalized spacial score (nSPS) is 26.0. The molecule has 0 aliphatic carbocycles. The molecule has 2 aliphatic rings. The van der Waals surface area contributed by atoms with Gasteiger partial charge in [0.15, 0.2) is 0 Å². The Hall–Kier alpha value is -2.02. The fourth-order valence-corrected chi connectivity index (χ4v) is 3.80. The first-order valence-electron chi connectivity index (χ1n) is 9.01. The number of nitrogens with zero attached hydrogens (tertiary/aromatic N) is 1. The van der Waals surface area contributed by atoms with Crippen LogP contribution in [0.15, 0.2) is 18.2 Å². The topological polar surface area (TPSA) is 58.6 Å². The number of nitrogens with one attached hydrogen (secondary N) is 1. The van der Waals surface area contributed by atoms with Gasteiger partial charge in [0, 0.05) is 38.1 Å². The average molecular weight is 366 g/mol. The van der Waals surface area contributed by atoms with E-state index in [0.717, 1.165) is 18.6 Å². The van der Waals surface area contributed by atoms with Crippen LogP contribution in [0.5, 0.6) is 0 Å². The standard InChI is InChI=1S/C19H24F2N2O3/c1-11(2)18-12(5-6-26-18)9-22-19(25)13-7-17(24)23(10-13)16-4-3-14(20)8-15(16)21/h3-4,8,11-13,18H,5-7,9-10H2,1-2H3,(H,22,25)/t12-,13?,18-/m1/s1. The smallest absolute Gasteiger partial charge is 0.227 e. The molecule has 0 bridgehead atoms. The molecule has 0 spiro atoms. The van der Waals surface area contributed by atoms with E-state index in [1.54, 1.807) is 0 Å². The summed E-state index contributed by atoms with van der Waals surface area (Å²) in [5.41, 5.74) is 0.00997. The molecule has 3 rings (SSSR count). The van der Waals surface area contributed by atoms with Gasteiger partial charge in [-0.15, -0.1) is 0 Å². The van der Waals surface area contributed by atoms with Gasteiger partial charge in [-0.05, 0) is 24.5 Å². The quantitative estimate of drug-likeness (QED) is 0.871. The summed E-state index contributed by atoms with van der Waals surface area (Å²) in [5, 5.41) is 2.92. The Balaban J connectivity index is 1.59. The second-order valence-electron chi connectivity index (χ2n) is 7.37. The Morgan fingerprint density at radius 1 is 1.38 bits per heavy atom. The molecule has 26 heavy (non-hydrogen) atoms. The van der Waals surface area contributed by atoms with Gasteiger partial charge in [-0.2, -0.15) is 0 Å². The van der Waals surface area contributed by atoms with Crippen molar-refractivity contribution in [2.75, 3.05) is 24.6 Å². The summed E-state index contributed by atoms with van der Waals surface area (Å²) < 4.78 is 32.7. The molecule has 1 unspecified atom stereocenters. The predicted molar refractivity (Wildman–Crippen MR) is 92.5 cm³/mol. The van der Waals surface area contributed by atoms with Crippen LogP contribution in [0.4, 0.5) is 14.5 Å². The van der Waals surface area contributed by atoms with Crippen molar-refractivity contribution in [2.24, 2.45) is 17.8 Å². The molecule has 0 aromatic heterocycles. The number of ether oxygens (including phenoxy) is 1. The lowest BCUT2D eigenvalue weighted by atomic mass is 9.93. The van der Waals surface area contributed by atoms with E-state index in [0.29, 0.717) is 19.1 Å². The number of benzene rings is 1. The summed E-state index contributed by atoms with van der Waals surface area (Å²) in [6, 6.07) is 3.07. The molecule has 0 radical (unpaired) electrons. The summed E-state index contributed by atoms with van der Waals surface area (Å²) in [4.78, 5) is 25.9. The molecule has 3 atom stereocenters. The molecule has 7 heteroatoms. The van der Waals surface area contributed by atoms with Gasteiger partial charge < -0.3 is 15.0 Å². The number of halogens is 2. The lowest BCUT2D eigenvalue weighted by molar-refractivity contribution is -0.126. The lowest BCUT2D eigenvalue weighted by Gasteiger charge is -2.23. The van der Waals surface area contributed by atoms with Gasteiger partial charge in [-0.1, -0.05) is 13.8 Å². The van der Waals surface area contributed by atoms with E-state index in [9.17, 15) is 18.4 Å². The predicted octanol–water partition coefficient (Wildman–Crippen LogP) is 2.50. The first kappa shape index (κ1) is 18.8.